The van der Waals surface area contributed by atoms with Crippen molar-refractivity contribution >= 4 is 23.6 Å². The number of carboxylic acid groups (broad SMARTS) is 1. The molecule has 0 spiro atoms. The smallest absolute Gasteiger partial charge is 0.371 e. The molecule has 15 heavy (non-hydrogen) atoms. The van der Waals surface area contributed by atoms with Crippen LogP contribution in [0.1, 0.15) is 24.4 Å². The lowest BCUT2D eigenvalue weighted by molar-refractivity contribution is 0.0663. The van der Waals surface area contributed by atoms with Crippen molar-refractivity contribution in [1.82, 2.24) is 0 Å². The Morgan fingerprint density at radius 1 is 1.60 bits per heavy atom. The summed E-state index contributed by atoms with van der Waals surface area (Å²) in [4.78, 5) is 10.5. The van der Waals surface area contributed by atoms with Crippen molar-refractivity contribution < 1.29 is 14.3 Å². The van der Waals surface area contributed by atoms with Crippen LogP contribution in [0.5, 0.6) is 0 Å². The van der Waals surface area contributed by atoms with Gasteiger partial charge in [0.1, 0.15) is 0 Å². The van der Waals surface area contributed by atoms with Gasteiger partial charge in [0.2, 0.25) is 5.76 Å². The van der Waals surface area contributed by atoms with Gasteiger partial charge in [-0.1, -0.05) is 0 Å². The maximum absolute atomic E-state index is 10.5. The van der Waals surface area contributed by atoms with Crippen LogP contribution in [0.25, 0.3) is 0 Å². The summed E-state index contributed by atoms with van der Waals surface area (Å²) in [5.74, 6) is -0.596. The molecule has 0 saturated carbocycles. The fourth-order valence-electron chi connectivity index (χ4n) is 0.920. The lowest BCUT2D eigenvalue weighted by atomic mass is 10.2. The van der Waals surface area contributed by atoms with E-state index in [-0.39, 0.29) is 10.5 Å². The maximum atomic E-state index is 10.5. The molecule has 4 nitrogen and oxygen atoms in total. The number of thioether (sulfide) groups is 1. The van der Waals surface area contributed by atoms with Gasteiger partial charge < -0.3 is 14.8 Å². The number of carbonyl (C=O) groups is 1. The average Bonchev–Trinajstić information content (AvgIpc) is 2.63. The fourth-order valence-corrected chi connectivity index (χ4v) is 1.14. The molecule has 0 amide bonds. The molecule has 2 N–H and O–H groups in total. The molecule has 1 heterocycles. The number of aromatic carboxylic acids is 1. The second-order valence-corrected chi connectivity index (χ2v) is 5.30. The highest BCUT2D eigenvalue weighted by Crippen LogP contribution is 2.22. The van der Waals surface area contributed by atoms with Gasteiger partial charge in [0, 0.05) is 17.4 Å². The normalized spacial score (nSPS) is 11.4. The van der Waals surface area contributed by atoms with Crippen LogP contribution < -0.4 is 5.32 Å². The highest BCUT2D eigenvalue weighted by atomic mass is 32.2. The van der Waals surface area contributed by atoms with Crippen LogP contribution in [0, 0.1) is 0 Å². The van der Waals surface area contributed by atoms with Crippen molar-refractivity contribution in [2.75, 3.05) is 18.1 Å². The molecule has 1 rings (SSSR count). The summed E-state index contributed by atoms with van der Waals surface area (Å²) in [6.07, 6.45) is 2.03. The molecule has 0 aromatic carbocycles. The molecule has 0 bridgehead atoms. The summed E-state index contributed by atoms with van der Waals surface area (Å²) in [5, 5.41) is 11.7. The van der Waals surface area contributed by atoms with Gasteiger partial charge in [0.15, 0.2) is 5.88 Å². The summed E-state index contributed by atoms with van der Waals surface area (Å²) >= 11 is 1.74. The zero-order valence-electron chi connectivity index (χ0n) is 9.03. The van der Waals surface area contributed by atoms with Gasteiger partial charge in [0.05, 0.1) is 0 Å². The molecule has 0 saturated heterocycles. The third-order valence-electron chi connectivity index (χ3n) is 2.06. The molecule has 5 heteroatoms. The molecule has 1 aromatic rings. The van der Waals surface area contributed by atoms with Crippen LogP contribution in [-0.2, 0) is 0 Å². The van der Waals surface area contributed by atoms with Crippen LogP contribution in [0.3, 0.4) is 0 Å². The summed E-state index contributed by atoms with van der Waals surface area (Å²) in [6, 6.07) is 3.07. The lowest BCUT2D eigenvalue weighted by Crippen LogP contribution is -2.25. The first-order chi connectivity index (χ1) is 6.94. The first-order valence-corrected chi connectivity index (χ1v) is 5.79. The first kappa shape index (κ1) is 12.0. The SMILES string of the molecule is CSC(C)(C)CNc1ccc(C(=O)O)o1. The highest BCUT2D eigenvalue weighted by Gasteiger charge is 2.16. The van der Waals surface area contributed by atoms with Crippen molar-refractivity contribution in [3.8, 4) is 0 Å². The summed E-state index contributed by atoms with van der Waals surface area (Å²) in [6.45, 7) is 4.93. The Bertz CT molecular complexity index is 346. The van der Waals surface area contributed by atoms with Crippen LogP contribution in [0.15, 0.2) is 16.5 Å². The monoisotopic (exact) mass is 229 g/mol. The number of hydrogen-bond donors (Lipinski definition) is 2. The number of rotatable bonds is 5. The largest absolute Gasteiger partial charge is 0.475 e. The second kappa shape index (κ2) is 4.61. The zero-order valence-corrected chi connectivity index (χ0v) is 9.85. The van der Waals surface area contributed by atoms with E-state index in [9.17, 15) is 4.79 Å². The van der Waals surface area contributed by atoms with Crippen LogP contribution in [0.2, 0.25) is 0 Å². The Kier molecular flexibility index (Phi) is 3.68. The predicted molar refractivity (Wildman–Crippen MR) is 61.8 cm³/mol. The van der Waals surface area contributed by atoms with Gasteiger partial charge in [-0.15, -0.1) is 0 Å². The summed E-state index contributed by atoms with van der Waals surface area (Å²) < 4.78 is 5.16. The number of furan rings is 1. The van der Waals surface area contributed by atoms with Crippen molar-refractivity contribution in [1.29, 1.82) is 0 Å². The molecular formula is C10H15NO3S. The lowest BCUT2D eigenvalue weighted by Gasteiger charge is -2.21. The molecule has 0 aliphatic heterocycles. The maximum Gasteiger partial charge on any atom is 0.371 e. The van der Waals surface area contributed by atoms with Crippen molar-refractivity contribution in [3.05, 3.63) is 17.9 Å². The van der Waals surface area contributed by atoms with Crippen molar-refractivity contribution in [2.45, 2.75) is 18.6 Å². The van der Waals surface area contributed by atoms with Gasteiger partial charge in [-0.2, -0.15) is 11.8 Å². The summed E-state index contributed by atoms with van der Waals surface area (Å²) in [7, 11) is 0. The highest BCUT2D eigenvalue weighted by molar-refractivity contribution is 7.99. The number of carboxylic acids is 1. The predicted octanol–water partition coefficient (Wildman–Crippen LogP) is 2.53. The van der Waals surface area contributed by atoms with Gasteiger partial charge in [0.25, 0.3) is 0 Å². The van der Waals surface area contributed by atoms with Crippen LogP contribution >= 0.6 is 11.8 Å². The number of nitrogens with one attached hydrogen (secondary N) is 1. The topological polar surface area (TPSA) is 62.5 Å². The second-order valence-electron chi connectivity index (χ2n) is 3.79. The van der Waals surface area contributed by atoms with Crippen molar-refractivity contribution in [3.63, 3.8) is 0 Å². The summed E-state index contributed by atoms with van der Waals surface area (Å²) in [5.41, 5.74) is 0. The number of anilines is 1. The third kappa shape index (κ3) is 3.51. The minimum Gasteiger partial charge on any atom is -0.475 e. The Balaban J connectivity index is 2.55. The van der Waals surface area contributed by atoms with E-state index < -0.39 is 5.97 Å². The van der Waals surface area contributed by atoms with E-state index in [0.717, 1.165) is 6.54 Å². The Morgan fingerprint density at radius 3 is 2.73 bits per heavy atom. The van der Waals surface area contributed by atoms with Gasteiger partial charge in [-0.05, 0) is 26.2 Å². The fraction of sp³-hybridized carbons (Fsp3) is 0.500. The van der Waals surface area contributed by atoms with Crippen LogP contribution in [-0.4, -0.2) is 28.6 Å². The third-order valence-corrected chi connectivity index (χ3v) is 3.31. The Labute approximate surface area is 93.0 Å². The first-order valence-electron chi connectivity index (χ1n) is 4.57. The Morgan fingerprint density at radius 2 is 2.27 bits per heavy atom. The van der Waals surface area contributed by atoms with Gasteiger partial charge >= 0.3 is 5.97 Å². The zero-order chi connectivity index (χ0) is 11.5. The molecule has 0 aliphatic carbocycles. The number of hydrogen-bond acceptors (Lipinski definition) is 4. The average molecular weight is 229 g/mol. The molecule has 84 valence electrons. The molecule has 0 fully saturated rings. The standard InChI is InChI=1S/C10H15NO3S/c1-10(2,15-3)6-11-8-5-4-7(14-8)9(12)13/h4-5,11H,6H2,1-3H3,(H,12,13). The van der Waals surface area contributed by atoms with E-state index in [1.54, 1.807) is 17.8 Å². The van der Waals surface area contributed by atoms with Gasteiger partial charge in [-0.25, -0.2) is 4.79 Å². The minimum atomic E-state index is -1.05. The van der Waals surface area contributed by atoms with Gasteiger partial charge in [-0.3, -0.25) is 0 Å². The van der Waals surface area contributed by atoms with E-state index in [1.807, 2.05) is 6.26 Å². The molecule has 0 unspecified atom stereocenters. The van der Waals surface area contributed by atoms with E-state index >= 15 is 0 Å². The van der Waals surface area contributed by atoms with Crippen LogP contribution in [0.4, 0.5) is 5.88 Å². The minimum absolute atomic E-state index is 0.0422. The van der Waals surface area contributed by atoms with E-state index in [4.69, 9.17) is 9.52 Å². The Hall–Kier alpha value is -1.10. The van der Waals surface area contributed by atoms with Crippen molar-refractivity contribution in [2.24, 2.45) is 0 Å². The molecular weight excluding hydrogens is 214 g/mol. The molecule has 0 aliphatic rings. The molecule has 0 radical (unpaired) electrons. The van der Waals surface area contributed by atoms with E-state index in [2.05, 4.69) is 19.2 Å². The molecule has 0 atom stereocenters. The quantitative estimate of drug-likeness (QED) is 0.812. The van der Waals surface area contributed by atoms with E-state index in [0.29, 0.717) is 5.88 Å². The van der Waals surface area contributed by atoms with E-state index in [1.165, 1.54) is 6.07 Å². The molecule has 1 aromatic heterocycles.